The molecule has 2 heterocycles. The van der Waals surface area contributed by atoms with Crippen molar-refractivity contribution in [2.24, 2.45) is 11.5 Å². The predicted molar refractivity (Wildman–Crippen MR) is 154 cm³/mol. The standard InChI is InChI=1S/C30H33F4N5O7/c1-16(35)26-25(28(42)37-24(27(36)41)19-7-6-18(31)15-20(19)32)38-29(46-26)17-5-8-21(45-30(33)34)22(14-17)44-11-3-2-4-23(40)39-9-12-43-13-10-39/h5-8,14-16,24,30H,2-4,9-13,35H2,1H3,(H2,36,41)(H,37,42)/t16-,24?/m0/s1. The number of nitrogens with zero attached hydrogens (tertiary/aromatic N) is 2. The lowest BCUT2D eigenvalue weighted by molar-refractivity contribution is -0.135. The van der Waals surface area contributed by atoms with Gasteiger partial charge in [-0.15, -0.1) is 0 Å². The molecule has 2 aromatic carbocycles. The Hall–Kier alpha value is -4.70. The number of halogens is 4. The molecule has 0 saturated carbocycles. The first-order valence-electron chi connectivity index (χ1n) is 14.3. The molecule has 0 bridgehead atoms. The van der Waals surface area contributed by atoms with Gasteiger partial charge in [0.1, 0.15) is 17.7 Å². The molecule has 12 nitrogen and oxygen atoms in total. The number of carbonyl (C=O) groups excluding carboxylic acids is 3. The van der Waals surface area contributed by atoms with Crippen LogP contribution in [0.2, 0.25) is 0 Å². The van der Waals surface area contributed by atoms with Crippen molar-refractivity contribution in [3.05, 3.63) is 65.1 Å². The minimum absolute atomic E-state index is 0.00867. The average Bonchev–Trinajstić information content (AvgIpc) is 3.47. The highest BCUT2D eigenvalue weighted by atomic mass is 19.3. The summed E-state index contributed by atoms with van der Waals surface area (Å²) in [5.74, 6) is -4.78. The number of oxazole rings is 1. The highest BCUT2D eigenvalue weighted by molar-refractivity contribution is 5.97. The van der Waals surface area contributed by atoms with Crippen molar-refractivity contribution >= 4 is 17.7 Å². The molecule has 1 aliphatic heterocycles. The van der Waals surface area contributed by atoms with Crippen molar-refractivity contribution in [1.29, 1.82) is 0 Å². The fourth-order valence-electron chi connectivity index (χ4n) is 4.64. The third-order valence-electron chi connectivity index (χ3n) is 6.93. The fourth-order valence-corrected chi connectivity index (χ4v) is 4.64. The first kappa shape index (κ1) is 34.2. The van der Waals surface area contributed by atoms with Gasteiger partial charge in [-0.1, -0.05) is 6.07 Å². The molecule has 248 valence electrons. The first-order chi connectivity index (χ1) is 21.9. The van der Waals surface area contributed by atoms with Gasteiger partial charge in [-0.3, -0.25) is 14.4 Å². The summed E-state index contributed by atoms with van der Waals surface area (Å²) in [6, 6.07) is 3.67. The number of nitrogens with one attached hydrogen (secondary N) is 1. The molecule has 1 saturated heterocycles. The molecule has 1 fully saturated rings. The monoisotopic (exact) mass is 651 g/mol. The van der Waals surface area contributed by atoms with Crippen molar-refractivity contribution < 1.29 is 50.6 Å². The highest BCUT2D eigenvalue weighted by Gasteiger charge is 2.29. The van der Waals surface area contributed by atoms with Crippen LogP contribution in [0.5, 0.6) is 11.5 Å². The molecule has 0 radical (unpaired) electrons. The van der Waals surface area contributed by atoms with E-state index < -0.39 is 42.1 Å². The number of nitrogens with two attached hydrogens (primary N) is 2. The van der Waals surface area contributed by atoms with Crippen LogP contribution in [0.1, 0.15) is 60.1 Å². The van der Waals surface area contributed by atoms with Crippen LogP contribution in [0.15, 0.2) is 40.8 Å². The van der Waals surface area contributed by atoms with E-state index in [1.807, 2.05) is 0 Å². The number of aromatic nitrogens is 1. The molecule has 0 spiro atoms. The van der Waals surface area contributed by atoms with E-state index >= 15 is 0 Å². The van der Waals surface area contributed by atoms with Crippen LogP contribution in [0.4, 0.5) is 17.6 Å². The molecule has 16 heteroatoms. The lowest BCUT2D eigenvalue weighted by atomic mass is 10.0. The Morgan fingerprint density at radius 1 is 1.07 bits per heavy atom. The maximum Gasteiger partial charge on any atom is 0.387 e. The largest absolute Gasteiger partial charge is 0.490 e. The SMILES string of the molecule is C[C@H](N)c1oc(-c2ccc(OC(F)F)c(OCCCCC(=O)N3CCOCC3)c2)nc1C(=O)NC(C(N)=O)c1ccc(F)cc1F. The number of unbranched alkanes of at least 4 members (excludes halogenated alkanes) is 1. The number of ether oxygens (including phenoxy) is 3. The van der Waals surface area contributed by atoms with Crippen LogP contribution in [0.3, 0.4) is 0 Å². The van der Waals surface area contributed by atoms with Gasteiger partial charge in [0.05, 0.1) is 25.9 Å². The molecule has 1 unspecified atom stereocenters. The number of hydrogen-bond donors (Lipinski definition) is 3. The van der Waals surface area contributed by atoms with E-state index in [1.54, 1.807) is 4.90 Å². The molecule has 1 aliphatic rings. The van der Waals surface area contributed by atoms with Crippen LogP contribution in [-0.4, -0.2) is 67.1 Å². The Morgan fingerprint density at radius 2 is 1.80 bits per heavy atom. The third kappa shape index (κ3) is 8.72. The van der Waals surface area contributed by atoms with E-state index in [9.17, 15) is 31.9 Å². The van der Waals surface area contributed by atoms with Crippen molar-refractivity contribution in [2.75, 3.05) is 32.9 Å². The minimum atomic E-state index is -3.15. The fraction of sp³-hybridized carbons (Fsp3) is 0.400. The van der Waals surface area contributed by atoms with Gasteiger partial charge in [0.25, 0.3) is 5.91 Å². The summed E-state index contributed by atoms with van der Waals surface area (Å²) in [5, 5.41) is 2.26. The van der Waals surface area contributed by atoms with E-state index in [2.05, 4.69) is 15.0 Å². The van der Waals surface area contributed by atoms with E-state index in [4.69, 9.17) is 25.4 Å². The van der Waals surface area contributed by atoms with Gasteiger partial charge < -0.3 is 40.3 Å². The maximum atomic E-state index is 14.4. The van der Waals surface area contributed by atoms with Gasteiger partial charge in [-0.05, 0) is 44.0 Å². The summed E-state index contributed by atoms with van der Waals surface area (Å²) < 4.78 is 75.3. The van der Waals surface area contributed by atoms with Crippen molar-refractivity contribution in [3.8, 4) is 23.0 Å². The normalized spacial score (nSPS) is 14.5. The quantitative estimate of drug-likeness (QED) is 0.174. The molecular weight excluding hydrogens is 618 g/mol. The third-order valence-corrected chi connectivity index (χ3v) is 6.93. The van der Waals surface area contributed by atoms with Crippen molar-refractivity contribution in [2.45, 2.75) is 44.9 Å². The summed E-state index contributed by atoms with van der Waals surface area (Å²) in [5.41, 5.74) is 10.8. The number of morpholine rings is 1. The molecule has 4 rings (SSSR count). The highest BCUT2D eigenvalue weighted by Crippen LogP contribution is 2.35. The van der Waals surface area contributed by atoms with Gasteiger partial charge in [0.2, 0.25) is 17.7 Å². The van der Waals surface area contributed by atoms with Crippen LogP contribution in [-0.2, 0) is 14.3 Å². The van der Waals surface area contributed by atoms with Gasteiger partial charge >= 0.3 is 6.61 Å². The summed E-state index contributed by atoms with van der Waals surface area (Å²) in [4.78, 5) is 43.6. The molecule has 46 heavy (non-hydrogen) atoms. The smallest absolute Gasteiger partial charge is 0.387 e. The molecule has 2 atom stereocenters. The molecular formula is C30H33F4N5O7. The lowest BCUT2D eigenvalue weighted by Gasteiger charge is -2.26. The van der Waals surface area contributed by atoms with Gasteiger partial charge in [-0.2, -0.15) is 8.78 Å². The Kier molecular flexibility index (Phi) is 11.5. The van der Waals surface area contributed by atoms with E-state index in [0.717, 1.165) is 12.1 Å². The van der Waals surface area contributed by atoms with Gasteiger partial charge in [0, 0.05) is 36.7 Å². The molecule has 3 amide bonds. The lowest BCUT2D eigenvalue weighted by Crippen LogP contribution is -2.40. The number of hydrogen-bond acceptors (Lipinski definition) is 9. The summed E-state index contributed by atoms with van der Waals surface area (Å²) >= 11 is 0. The Balaban J connectivity index is 1.51. The Morgan fingerprint density at radius 3 is 2.46 bits per heavy atom. The van der Waals surface area contributed by atoms with Crippen molar-refractivity contribution in [3.63, 3.8) is 0 Å². The second kappa shape index (κ2) is 15.5. The van der Waals surface area contributed by atoms with Crippen LogP contribution in [0, 0.1) is 11.6 Å². The number of alkyl halides is 2. The Bertz CT molecular complexity index is 1550. The van der Waals surface area contributed by atoms with E-state index in [-0.39, 0.29) is 58.9 Å². The molecule has 3 aromatic rings. The number of rotatable bonds is 14. The van der Waals surface area contributed by atoms with Gasteiger partial charge in [-0.25, -0.2) is 13.8 Å². The number of primary amides is 1. The zero-order valence-corrected chi connectivity index (χ0v) is 24.8. The van der Waals surface area contributed by atoms with Crippen LogP contribution < -0.4 is 26.3 Å². The summed E-state index contributed by atoms with van der Waals surface area (Å²) in [7, 11) is 0. The van der Waals surface area contributed by atoms with Crippen LogP contribution in [0.25, 0.3) is 11.5 Å². The van der Waals surface area contributed by atoms with Gasteiger partial charge in [0.15, 0.2) is 23.0 Å². The summed E-state index contributed by atoms with van der Waals surface area (Å²) in [6.45, 7) is 0.454. The molecule has 0 aliphatic carbocycles. The summed E-state index contributed by atoms with van der Waals surface area (Å²) in [6.07, 6.45) is 1.21. The second-order valence-corrected chi connectivity index (χ2v) is 10.3. The van der Waals surface area contributed by atoms with E-state index in [1.165, 1.54) is 25.1 Å². The maximum absolute atomic E-state index is 14.4. The second-order valence-electron chi connectivity index (χ2n) is 10.3. The average molecular weight is 652 g/mol. The van der Waals surface area contributed by atoms with Crippen LogP contribution >= 0.6 is 0 Å². The minimum Gasteiger partial charge on any atom is -0.490 e. The van der Waals surface area contributed by atoms with E-state index in [0.29, 0.717) is 45.2 Å². The topological polar surface area (TPSA) is 172 Å². The Labute approximate surface area is 261 Å². The number of amides is 3. The zero-order chi connectivity index (χ0) is 33.4. The van der Waals surface area contributed by atoms with Crippen molar-refractivity contribution in [1.82, 2.24) is 15.2 Å². The first-order valence-corrected chi connectivity index (χ1v) is 14.3. The predicted octanol–water partition coefficient (Wildman–Crippen LogP) is 3.61. The molecule has 5 N–H and O–H groups in total. The molecule has 1 aromatic heterocycles. The zero-order valence-electron chi connectivity index (χ0n) is 24.8. The number of benzene rings is 2. The number of carbonyl (C=O) groups is 3.